The maximum absolute atomic E-state index is 11.3. The maximum Gasteiger partial charge on any atom is 0.309 e. The van der Waals surface area contributed by atoms with E-state index in [1.807, 2.05) is 13.8 Å². The highest BCUT2D eigenvalue weighted by Gasteiger charge is 2.23. The Balaban J connectivity index is 4.03. The van der Waals surface area contributed by atoms with Crippen molar-refractivity contribution < 1.29 is 9.53 Å². The van der Waals surface area contributed by atoms with E-state index in [0.717, 1.165) is 13.0 Å². The average Bonchev–Trinajstić information content (AvgIpc) is 2.23. The zero-order valence-corrected chi connectivity index (χ0v) is 10.9. The lowest BCUT2D eigenvalue weighted by Gasteiger charge is -2.27. The van der Waals surface area contributed by atoms with Crippen LogP contribution in [0.3, 0.4) is 0 Å². The molecule has 0 saturated heterocycles. The zero-order valence-electron chi connectivity index (χ0n) is 10.9. The second-order valence-corrected chi connectivity index (χ2v) is 5.00. The third-order valence-electron chi connectivity index (χ3n) is 3.18. The van der Waals surface area contributed by atoms with Crippen LogP contribution in [0.2, 0.25) is 0 Å². The monoisotopic (exact) mass is 215 g/mol. The van der Waals surface area contributed by atoms with E-state index in [1.165, 1.54) is 7.11 Å². The van der Waals surface area contributed by atoms with E-state index in [-0.39, 0.29) is 23.3 Å². The molecule has 0 heterocycles. The normalized spacial score (nSPS) is 15.9. The van der Waals surface area contributed by atoms with Gasteiger partial charge in [-0.1, -0.05) is 27.7 Å². The van der Waals surface area contributed by atoms with Crippen molar-refractivity contribution in [3.63, 3.8) is 0 Å². The van der Waals surface area contributed by atoms with Crippen LogP contribution in [0, 0.1) is 11.3 Å². The van der Waals surface area contributed by atoms with Crippen molar-refractivity contribution in [1.29, 1.82) is 0 Å². The first kappa shape index (κ1) is 14.4. The molecule has 2 unspecified atom stereocenters. The SMILES string of the molecule is CCC(C)(C)CNC(C)C(C)C(=O)OC. The molecule has 0 aliphatic heterocycles. The quantitative estimate of drug-likeness (QED) is 0.690. The second-order valence-electron chi connectivity index (χ2n) is 5.00. The predicted molar refractivity (Wildman–Crippen MR) is 62.7 cm³/mol. The lowest BCUT2D eigenvalue weighted by Crippen LogP contribution is -2.41. The van der Waals surface area contributed by atoms with Gasteiger partial charge in [-0.2, -0.15) is 0 Å². The van der Waals surface area contributed by atoms with Crippen molar-refractivity contribution in [3.8, 4) is 0 Å². The predicted octanol–water partition coefficient (Wildman–Crippen LogP) is 2.21. The first-order chi connectivity index (χ1) is 6.84. The Hall–Kier alpha value is -0.570. The van der Waals surface area contributed by atoms with E-state index in [0.29, 0.717) is 0 Å². The molecular weight excluding hydrogens is 190 g/mol. The molecule has 0 radical (unpaired) electrons. The van der Waals surface area contributed by atoms with Gasteiger partial charge in [0.05, 0.1) is 13.0 Å². The summed E-state index contributed by atoms with van der Waals surface area (Å²) >= 11 is 0. The number of carbonyl (C=O) groups is 1. The number of esters is 1. The topological polar surface area (TPSA) is 38.3 Å². The highest BCUT2D eigenvalue weighted by molar-refractivity contribution is 5.72. The summed E-state index contributed by atoms with van der Waals surface area (Å²) < 4.78 is 4.71. The molecule has 3 heteroatoms. The van der Waals surface area contributed by atoms with E-state index in [2.05, 4.69) is 26.1 Å². The molecule has 0 saturated carbocycles. The molecule has 0 fully saturated rings. The van der Waals surface area contributed by atoms with Crippen molar-refractivity contribution >= 4 is 5.97 Å². The van der Waals surface area contributed by atoms with Crippen molar-refractivity contribution in [3.05, 3.63) is 0 Å². The van der Waals surface area contributed by atoms with E-state index in [4.69, 9.17) is 4.74 Å². The van der Waals surface area contributed by atoms with Gasteiger partial charge in [-0.25, -0.2) is 0 Å². The van der Waals surface area contributed by atoms with Crippen molar-refractivity contribution in [1.82, 2.24) is 5.32 Å². The molecule has 1 N–H and O–H groups in total. The Morgan fingerprint density at radius 1 is 1.40 bits per heavy atom. The minimum absolute atomic E-state index is 0.0948. The summed E-state index contributed by atoms with van der Waals surface area (Å²) in [5.74, 6) is -0.244. The fourth-order valence-corrected chi connectivity index (χ4v) is 1.13. The van der Waals surface area contributed by atoms with Crippen LogP contribution in [0.25, 0.3) is 0 Å². The molecule has 0 rings (SSSR count). The third kappa shape index (κ3) is 5.17. The van der Waals surface area contributed by atoms with E-state index >= 15 is 0 Å². The van der Waals surface area contributed by atoms with Gasteiger partial charge in [0.25, 0.3) is 0 Å². The van der Waals surface area contributed by atoms with Crippen LogP contribution < -0.4 is 5.32 Å². The number of hydrogen-bond acceptors (Lipinski definition) is 3. The summed E-state index contributed by atoms with van der Waals surface area (Å²) in [6.45, 7) is 11.4. The minimum Gasteiger partial charge on any atom is -0.469 e. The highest BCUT2D eigenvalue weighted by atomic mass is 16.5. The number of rotatable bonds is 6. The fourth-order valence-electron chi connectivity index (χ4n) is 1.13. The van der Waals surface area contributed by atoms with Gasteiger partial charge in [-0.3, -0.25) is 4.79 Å². The number of hydrogen-bond donors (Lipinski definition) is 1. The molecule has 0 bridgehead atoms. The smallest absolute Gasteiger partial charge is 0.309 e. The van der Waals surface area contributed by atoms with E-state index < -0.39 is 0 Å². The van der Waals surface area contributed by atoms with Crippen molar-refractivity contribution in [2.45, 2.75) is 47.1 Å². The van der Waals surface area contributed by atoms with Crippen LogP contribution in [0.15, 0.2) is 0 Å². The lowest BCUT2D eigenvalue weighted by molar-refractivity contribution is -0.145. The molecule has 0 aliphatic carbocycles. The summed E-state index contributed by atoms with van der Waals surface area (Å²) in [7, 11) is 1.43. The van der Waals surface area contributed by atoms with Gasteiger partial charge in [-0.15, -0.1) is 0 Å². The van der Waals surface area contributed by atoms with Gasteiger partial charge in [0.15, 0.2) is 0 Å². The van der Waals surface area contributed by atoms with Crippen molar-refractivity contribution in [2.75, 3.05) is 13.7 Å². The zero-order chi connectivity index (χ0) is 12.1. The van der Waals surface area contributed by atoms with Gasteiger partial charge < -0.3 is 10.1 Å². The lowest BCUT2D eigenvalue weighted by atomic mass is 9.89. The number of carbonyl (C=O) groups excluding carboxylic acids is 1. The number of methoxy groups -OCH3 is 1. The van der Waals surface area contributed by atoms with Crippen LogP contribution in [0.4, 0.5) is 0 Å². The molecule has 15 heavy (non-hydrogen) atoms. The van der Waals surface area contributed by atoms with Crippen LogP contribution in [-0.2, 0) is 9.53 Å². The molecule has 0 aromatic heterocycles. The van der Waals surface area contributed by atoms with Crippen LogP contribution in [-0.4, -0.2) is 25.7 Å². The standard InChI is InChI=1S/C12H25NO2/c1-7-12(4,5)8-13-10(3)9(2)11(14)15-6/h9-10,13H,7-8H2,1-6H3. The molecule has 0 aliphatic rings. The Kier molecular flexibility index (Phi) is 5.88. The average molecular weight is 215 g/mol. The molecule has 0 spiro atoms. The summed E-state index contributed by atoms with van der Waals surface area (Å²) in [5, 5.41) is 3.39. The summed E-state index contributed by atoms with van der Waals surface area (Å²) in [5.41, 5.74) is 0.282. The molecule has 0 amide bonds. The second kappa shape index (κ2) is 6.11. The Morgan fingerprint density at radius 3 is 2.33 bits per heavy atom. The minimum atomic E-state index is -0.149. The largest absolute Gasteiger partial charge is 0.469 e. The third-order valence-corrected chi connectivity index (χ3v) is 3.18. The van der Waals surface area contributed by atoms with Gasteiger partial charge in [0.1, 0.15) is 0 Å². The van der Waals surface area contributed by atoms with Crippen LogP contribution >= 0.6 is 0 Å². The number of ether oxygens (including phenoxy) is 1. The molecule has 0 aromatic rings. The first-order valence-electron chi connectivity index (χ1n) is 5.65. The van der Waals surface area contributed by atoms with Gasteiger partial charge >= 0.3 is 5.97 Å². The van der Waals surface area contributed by atoms with Gasteiger partial charge in [-0.05, 0) is 18.8 Å². The molecule has 2 atom stereocenters. The Morgan fingerprint density at radius 2 is 1.93 bits per heavy atom. The van der Waals surface area contributed by atoms with Gasteiger partial charge in [0, 0.05) is 12.6 Å². The summed E-state index contributed by atoms with van der Waals surface area (Å²) in [4.78, 5) is 11.3. The first-order valence-corrected chi connectivity index (χ1v) is 5.65. The van der Waals surface area contributed by atoms with E-state index in [1.54, 1.807) is 0 Å². The molecule has 3 nitrogen and oxygen atoms in total. The van der Waals surface area contributed by atoms with Crippen molar-refractivity contribution in [2.24, 2.45) is 11.3 Å². The molecule has 90 valence electrons. The summed E-state index contributed by atoms with van der Waals surface area (Å²) in [6, 6.07) is 0.156. The molecular formula is C12H25NO2. The molecule has 0 aromatic carbocycles. The Bertz CT molecular complexity index is 202. The number of nitrogens with one attached hydrogen (secondary N) is 1. The Labute approximate surface area is 93.6 Å². The fraction of sp³-hybridized carbons (Fsp3) is 0.917. The van der Waals surface area contributed by atoms with Gasteiger partial charge in [0.2, 0.25) is 0 Å². The maximum atomic E-state index is 11.3. The van der Waals surface area contributed by atoms with E-state index in [9.17, 15) is 4.79 Å². The van der Waals surface area contributed by atoms with Crippen LogP contribution in [0.5, 0.6) is 0 Å². The summed E-state index contributed by atoms with van der Waals surface area (Å²) in [6.07, 6.45) is 1.12. The van der Waals surface area contributed by atoms with Crippen LogP contribution in [0.1, 0.15) is 41.0 Å². The highest BCUT2D eigenvalue weighted by Crippen LogP contribution is 2.18.